The predicted octanol–water partition coefficient (Wildman–Crippen LogP) is 3.83. The summed E-state index contributed by atoms with van der Waals surface area (Å²) in [6, 6.07) is 10.7. The average Bonchev–Trinajstić information content (AvgIpc) is 3.29. The van der Waals surface area contributed by atoms with E-state index in [0.29, 0.717) is 22.6 Å². The van der Waals surface area contributed by atoms with Gasteiger partial charge in [0, 0.05) is 36.5 Å². The van der Waals surface area contributed by atoms with Crippen LogP contribution in [0.15, 0.2) is 42.5 Å². The summed E-state index contributed by atoms with van der Waals surface area (Å²) in [4.78, 5) is 29.2. The molecule has 0 bridgehead atoms. The minimum absolute atomic E-state index is 0.156. The number of hydrogen-bond donors (Lipinski definition) is 2. The Hall–Kier alpha value is -3.75. The lowest BCUT2D eigenvalue weighted by Crippen LogP contribution is -2.41. The molecule has 0 fully saturated rings. The van der Waals surface area contributed by atoms with Crippen molar-refractivity contribution in [1.29, 1.82) is 0 Å². The molecule has 172 valence electrons. The minimum atomic E-state index is -0.794. The summed E-state index contributed by atoms with van der Waals surface area (Å²) < 4.78 is 28.1. The van der Waals surface area contributed by atoms with Crippen molar-refractivity contribution in [3.05, 3.63) is 76.5 Å². The van der Waals surface area contributed by atoms with Crippen LogP contribution in [0.25, 0.3) is 0 Å². The fourth-order valence-corrected chi connectivity index (χ4v) is 4.06. The van der Waals surface area contributed by atoms with Gasteiger partial charge in [0.05, 0.1) is 24.2 Å². The first-order valence-electron chi connectivity index (χ1n) is 10.5. The monoisotopic (exact) mass is 453 g/mol. The zero-order valence-corrected chi connectivity index (χ0v) is 18.9. The summed E-state index contributed by atoms with van der Waals surface area (Å²) in [7, 11) is 3.83. The highest BCUT2D eigenvalue weighted by atomic mass is 19.1. The van der Waals surface area contributed by atoms with Crippen molar-refractivity contribution in [2.24, 2.45) is 0 Å². The molecule has 4 rings (SSSR count). The molecular weight excluding hydrogens is 428 g/mol. The van der Waals surface area contributed by atoms with Crippen LogP contribution in [0.5, 0.6) is 0 Å². The molecule has 0 unspecified atom stereocenters. The maximum absolute atomic E-state index is 14.1. The van der Waals surface area contributed by atoms with Gasteiger partial charge in [0.15, 0.2) is 5.82 Å². The third kappa shape index (κ3) is 4.06. The van der Waals surface area contributed by atoms with E-state index < -0.39 is 29.5 Å². The number of nitrogens with zero attached hydrogens (tertiary/aromatic N) is 3. The third-order valence-corrected chi connectivity index (χ3v) is 6.04. The number of fused-ring (bicyclic) bond motifs is 1. The van der Waals surface area contributed by atoms with Gasteiger partial charge in [-0.1, -0.05) is 6.07 Å². The molecule has 2 N–H and O–H groups in total. The highest BCUT2D eigenvalue weighted by Crippen LogP contribution is 2.41. The Kier molecular flexibility index (Phi) is 5.65. The number of carbonyl (C=O) groups is 2. The second-order valence-corrected chi connectivity index (χ2v) is 8.74. The fourth-order valence-electron chi connectivity index (χ4n) is 4.06. The summed E-state index contributed by atoms with van der Waals surface area (Å²) in [6.07, 6.45) is -0.403. The number of carbonyl (C=O) groups excluding carboxylic acids is 2. The Bertz CT molecular complexity index is 1200. The van der Waals surface area contributed by atoms with Crippen LogP contribution in [0.4, 0.5) is 20.3 Å². The molecule has 0 atom stereocenters. The van der Waals surface area contributed by atoms with Gasteiger partial charge in [0.25, 0.3) is 5.91 Å². The van der Waals surface area contributed by atoms with Crippen LogP contribution in [0.1, 0.15) is 41.0 Å². The molecule has 7 nitrogen and oxygen atoms in total. The Balaban J connectivity index is 1.53. The molecule has 0 radical (unpaired) electrons. The second kappa shape index (κ2) is 8.31. The maximum atomic E-state index is 14.1. The van der Waals surface area contributed by atoms with Gasteiger partial charge in [0.2, 0.25) is 5.91 Å². The van der Waals surface area contributed by atoms with E-state index in [9.17, 15) is 18.4 Å². The molecule has 0 saturated carbocycles. The number of halogens is 2. The normalized spacial score (nSPS) is 14.2. The van der Waals surface area contributed by atoms with Crippen molar-refractivity contribution < 1.29 is 18.4 Å². The van der Waals surface area contributed by atoms with Crippen molar-refractivity contribution in [2.75, 3.05) is 24.3 Å². The molecule has 33 heavy (non-hydrogen) atoms. The number of rotatable bonds is 5. The Morgan fingerprint density at radius 2 is 1.76 bits per heavy atom. The Morgan fingerprint density at radius 3 is 2.36 bits per heavy atom. The number of hydrogen-bond acceptors (Lipinski definition) is 4. The molecule has 1 aliphatic heterocycles. The minimum Gasteiger partial charge on any atom is -0.378 e. The SMILES string of the molecule is CN(C)c1ccc(C(=O)Nc2n[nH]c3c2CN(C(=O)Cc2c(F)cccc2F)C3(C)C)cc1. The first kappa shape index (κ1) is 22.4. The molecule has 0 saturated heterocycles. The summed E-state index contributed by atoms with van der Waals surface area (Å²) >= 11 is 0. The van der Waals surface area contributed by atoms with Crippen LogP contribution in [0, 0.1) is 11.6 Å². The van der Waals surface area contributed by atoms with Crippen molar-refractivity contribution >= 4 is 23.3 Å². The summed E-state index contributed by atoms with van der Waals surface area (Å²) in [5, 5.41) is 9.94. The molecule has 3 aromatic rings. The first-order chi connectivity index (χ1) is 15.6. The van der Waals surface area contributed by atoms with E-state index in [2.05, 4.69) is 15.5 Å². The van der Waals surface area contributed by atoms with E-state index in [1.165, 1.54) is 11.0 Å². The van der Waals surface area contributed by atoms with Gasteiger partial charge in [-0.15, -0.1) is 0 Å². The van der Waals surface area contributed by atoms with Crippen molar-refractivity contribution in [3.63, 3.8) is 0 Å². The summed E-state index contributed by atoms with van der Waals surface area (Å²) in [5.41, 5.74) is 1.72. The molecular formula is C24H25F2N5O2. The number of benzene rings is 2. The van der Waals surface area contributed by atoms with Crippen molar-refractivity contribution in [2.45, 2.75) is 32.4 Å². The van der Waals surface area contributed by atoms with Crippen LogP contribution < -0.4 is 10.2 Å². The molecule has 1 aromatic heterocycles. The van der Waals surface area contributed by atoms with E-state index in [1.54, 1.807) is 12.1 Å². The van der Waals surface area contributed by atoms with Gasteiger partial charge in [-0.2, -0.15) is 5.10 Å². The topological polar surface area (TPSA) is 81.3 Å². The number of aromatic amines is 1. The predicted molar refractivity (Wildman–Crippen MR) is 121 cm³/mol. The van der Waals surface area contributed by atoms with Gasteiger partial charge in [-0.25, -0.2) is 8.78 Å². The number of aromatic nitrogens is 2. The molecule has 0 spiro atoms. The van der Waals surface area contributed by atoms with Crippen molar-refractivity contribution in [3.8, 4) is 0 Å². The molecule has 9 heteroatoms. The van der Waals surface area contributed by atoms with E-state index >= 15 is 0 Å². The molecule has 1 aliphatic rings. The smallest absolute Gasteiger partial charge is 0.256 e. The number of anilines is 2. The zero-order chi connectivity index (χ0) is 23.9. The van der Waals surface area contributed by atoms with Crippen LogP contribution >= 0.6 is 0 Å². The highest BCUT2D eigenvalue weighted by Gasteiger charge is 2.43. The van der Waals surface area contributed by atoms with Gasteiger partial charge in [0.1, 0.15) is 11.6 Å². The lowest BCUT2D eigenvalue weighted by Gasteiger charge is -2.32. The largest absolute Gasteiger partial charge is 0.378 e. The molecule has 2 amide bonds. The van der Waals surface area contributed by atoms with Crippen LogP contribution in [-0.4, -0.2) is 41.0 Å². The van der Waals surface area contributed by atoms with Gasteiger partial charge >= 0.3 is 0 Å². The lowest BCUT2D eigenvalue weighted by molar-refractivity contribution is -0.136. The van der Waals surface area contributed by atoms with Gasteiger partial charge < -0.3 is 15.1 Å². The van der Waals surface area contributed by atoms with E-state index in [-0.39, 0.29) is 18.0 Å². The third-order valence-electron chi connectivity index (χ3n) is 6.04. The highest BCUT2D eigenvalue weighted by molar-refractivity contribution is 6.04. The number of nitrogens with one attached hydrogen (secondary N) is 2. The fraction of sp³-hybridized carbons (Fsp3) is 0.292. The lowest BCUT2D eigenvalue weighted by atomic mass is 10.00. The first-order valence-corrected chi connectivity index (χ1v) is 10.5. The molecule has 2 aromatic carbocycles. The van der Waals surface area contributed by atoms with Crippen LogP contribution in [0.3, 0.4) is 0 Å². The Morgan fingerprint density at radius 1 is 1.12 bits per heavy atom. The summed E-state index contributed by atoms with van der Waals surface area (Å²) in [6.45, 7) is 3.79. The average molecular weight is 453 g/mol. The number of amides is 2. The standard InChI is InChI=1S/C24H25F2N5O2/c1-24(2)21-17(13-31(24)20(32)12-16-18(25)6-5-7-19(16)26)22(29-28-21)27-23(33)14-8-10-15(11-9-14)30(3)4/h5-11H,12-13H2,1-4H3,(H2,27,28,29,33). The van der Waals surface area contributed by atoms with Crippen molar-refractivity contribution in [1.82, 2.24) is 15.1 Å². The van der Waals surface area contributed by atoms with Gasteiger partial charge in [-0.3, -0.25) is 14.7 Å². The summed E-state index contributed by atoms with van der Waals surface area (Å²) in [5.74, 6) is -1.94. The number of H-pyrrole nitrogens is 1. The quantitative estimate of drug-likeness (QED) is 0.615. The second-order valence-electron chi connectivity index (χ2n) is 8.74. The maximum Gasteiger partial charge on any atom is 0.256 e. The van der Waals surface area contributed by atoms with E-state index in [0.717, 1.165) is 17.8 Å². The van der Waals surface area contributed by atoms with Gasteiger partial charge in [-0.05, 0) is 50.2 Å². The van der Waals surface area contributed by atoms with E-state index in [1.807, 2.05) is 45.0 Å². The Labute approximate surface area is 190 Å². The zero-order valence-electron chi connectivity index (χ0n) is 18.9. The van der Waals surface area contributed by atoms with E-state index in [4.69, 9.17) is 0 Å². The van der Waals surface area contributed by atoms with Crippen LogP contribution in [-0.2, 0) is 23.3 Å². The van der Waals surface area contributed by atoms with Crippen LogP contribution in [0.2, 0.25) is 0 Å². The molecule has 2 heterocycles. The molecule has 0 aliphatic carbocycles.